The molecule has 118 valence electrons. The van der Waals surface area contributed by atoms with E-state index in [0.29, 0.717) is 6.54 Å². The zero-order valence-corrected chi connectivity index (χ0v) is 13.5. The van der Waals surface area contributed by atoms with Crippen LogP contribution in [-0.2, 0) is 13.6 Å². The Morgan fingerprint density at radius 3 is 2.86 bits per heavy atom. The molecule has 0 aliphatic heterocycles. The molecule has 0 bridgehead atoms. The van der Waals surface area contributed by atoms with E-state index in [9.17, 15) is 0 Å². The minimum absolute atomic E-state index is 0.548. The third-order valence-electron chi connectivity index (χ3n) is 4.35. The summed E-state index contributed by atoms with van der Waals surface area (Å²) >= 11 is 0. The molecule has 2 N–H and O–H groups in total. The molecule has 1 aromatic heterocycles. The molecular weight excluding hydrogens is 264 g/mol. The summed E-state index contributed by atoms with van der Waals surface area (Å²) < 4.78 is 1.76. The Hall–Kier alpha value is -1.59. The van der Waals surface area contributed by atoms with E-state index in [1.54, 1.807) is 11.0 Å². The van der Waals surface area contributed by atoms with E-state index >= 15 is 0 Å². The second kappa shape index (κ2) is 8.00. The van der Waals surface area contributed by atoms with Crippen molar-refractivity contribution in [2.24, 2.45) is 23.9 Å². The average Bonchev–Trinajstić information content (AvgIpc) is 2.89. The van der Waals surface area contributed by atoms with Gasteiger partial charge < -0.3 is 10.6 Å². The Labute approximate surface area is 127 Å². The van der Waals surface area contributed by atoms with Crippen LogP contribution in [-0.4, -0.2) is 33.8 Å². The van der Waals surface area contributed by atoms with Gasteiger partial charge in [-0.3, -0.25) is 4.68 Å². The predicted octanol–water partition coefficient (Wildman–Crippen LogP) is 1.70. The molecule has 2 rings (SSSR count). The predicted molar refractivity (Wildman–Crippen MR) is 84.9 cm³/mol. The molecule has 2 atom stereocenters. The molecule has 0 spiro atoms. The number of aliphatic imine (C=N–C) groups is 1. The van der Waals surface area contributed by atoms with Crippen molar-refractivity contribution in [1.29, 1.82) is 0 Å². The van der Waals surface area contributed by atoms with Crippen LogP contribution in [0.3, 0.4) is 0 Å². The molecular formula is C15H28N6. The van der Waals surface area contributed by atoms with Gasteiger partial charge in [-0.1, -0.05) is 26.2 Å². The van der Waals surface area contributed by atoms with Crippen LogP contribution >= 0.6 is 0 Å². The summed E-state index contributed by atoms with van der Waals surface area (Å²) in [7, 11) is 1.89. The highest BCUT2D eigenvalue weighted by atomic mass is 15.3. The molecule has 2 unspecified atom stereocenters. The second-order valence-electron chi connectivity index (χ2n) is 5.90. The van der Waals surface area contributed by atoms with Crippen LogP contribution < -0.4 is 10.6 Å². The zero-order valence-electron chi connectivity index (χ0n) is 13.5. The number of rotatable bonds is 5. The van der Waals surface area contributed by atoms with E-state index in [1.807, 2.05) is 7.05 Å². The molecule has 0 aromatic carbocycles. The highest BCUT2D eigenvalue weighted by molar-refractivity contribution is 5.79. The highest BCUT2D eigenvalue weighted by Crippen LogP contribution is 2.28. The fourth-order valence-electron chi connectivity index (χ4n) is 2.88. The van der Waals surface area contributed by atoms with Crippen molar-refractivity contribution in [2.75, 3.05) is 13.1 Å². The summed E-state index contributed by atoms with van der Waals surface area (Å²) in [5.74, 6) is 3.32. The van der Waals surface area contributed by atoms with Crippen LogP contribution in [0.4, 0.5) is 0 Å². The lowest BCUT2D eigenvalue weighted by molar-refractivity contribution is 0.256. The van der Waals surface area contributed by atoms with Gasteiger partial charge in [-0.05, 0) is 25.2 Å². The van der Waals surface area contributed by atoms with Crippen molar-refractivity contribution >= 4 is 5.96 Å². The van der Waals surface area contributed by atoms with E-state index in [2.05, 4.69) is 39.6 Å². The summed E-state index contributed by atoms with van der Waals surface area (Å²) in [6.45, 7) is 6.88. The summed E-state index contributed by atoms with van der Waals surface area (Å²) in [6, 6.07) is 0. The van der Waals surface area contributed by atoms with Crippen molar-refractivity contribution in [3.63, 3.8) is 0 Å². The molecule has 6 heteroatoms. The Bertz CT molecular complexity index is 453. The molecule has 1 heterocycles. The van der Waals surface area contributed by atoms with Crippen molar-refractivity contribution < 1.29 is 0 Å². The molecule has 1 aliphatic carbocycles. The van der Waals surface area contributed by atoms with Crippen LogP contribution in [0.1, 0.15) is 45.4 Å². The van der Waals surface area contributed by atoms with Gasteiger partial charge in [0.2, 0.25) is 0 Å². The number of nitrogens with zero attached hydrogens (tertiary/aromatic N) is 4. The average molecular weight is 292 g/mol. The first kappa shape index (κ1) is 15.8. The number of hydrogen-bond acceptors (Lipinski definition) is 3. The number of nitrogens with one attached hydrogen (secondary N) is 2. The third-order valence-corrected chi connectivity index (χ3v) is 4.35. The van der Waals surface area contributed by atoms with Crippen molar-refractivity contribution in [3.8, 4) is 0 Å². The SMILES string of the molecule is CCNC(=NCc1ncnn1C)NCC1CCCCC1C. The summed E-state index contributed by atoms with van der Waals surface area (Å²) in [6.07, 6.45) is 7.01. The number of hydrogen-bond donors (Lipinski definition) is 2. The fraction of sp³-hybridized carbons (Fsp3) is 0.800. The van der Waals surface area contributed by atoms with Gasteiger partial charge in [0.05, 0.1) is 0 Å². The van der Waals surface area contributed by atoms with Crippen molar-refractivity contribution in [3.05, 3.63) is 12.2 Å². The van der Waals surface area contributed by atoms with Crippen molar-refractivity contribution in [2.45, 2.75) is 46.1 Å². The van der Waals surface area contributed by atoms with Gasteiger partial charge in [0.25, 0.3) is 0 Å². The van der Waals surface area contributed by atoms with Gasteiger partial charge in [-0.15, -0.1) is 0 Å². The number of aromatic nitrogens is 3. The Balaban J connectivity index is 1.87. The van der Waals surface area contributed by atoms with Gasteiger partial charge in [-0.25, -0.2) is 9.98 Å². The number of guanidine groups is 1. The van der Waals surface area contributed by atoms with E-state index < -0.39 is 0 Å². The molecule has 0 amide bonds. The normalized spacial score (nSPS) is 23.1. The molecule has 0 radical (unpaired) electrons. The van der Waals surface area contributed by atoms with Crippen LogP contribution in [0.25, 0.3) is 0 Å². The van der Waals surface area contributed by atoms with E-state index in [-0.39, 0.29) is 0 Å². The maximum absolute atomic E-state index is 4.60. The fourth-order valence-corrected chi connectivity index (χ4v) is 2.88. The summed E-state index contributed by atoms with van der Waals surface area (Å²) in [4.78, 5) is 8.80. The smallest absolute Gasteiger partial charge is 0.191 e. The lowest BCUT2D eigenvalue weighted by atomic mass is 9.80. The summed E-state index contributed by atoms with van der Waals surface area (Å²) in [5, 5.41) is 10.8. The molecule has 21 heavy (non-hydrogen) atoms. The van der Waals surface area contributed by atoms with Gasteiger partial charge in [0.1, 0.15) is 18.7 Å². The third kappa shape index (κ3) is 4.72. The van der Waals surface area contributed by atoms with Crippen LogP contribution in [0.15, 0.2) is 11.3 Å². The van der Waals surface area contributed by atoms with Crippen LogP contribution in [0.2, 0.25) is 0 Å². The minimum Gasteiger partial charge on any atom is -0.357 e. The largest absolute Gasteiger partial charge is 0.357 e. The Kier molecular flexibility index (Phi) is 6.02. The van der Waals surface area contributed by atoms with E-state index in [1.165, 1.54) is 25.7 Å². The molecule has 1 saturated carbocycles. The van der Waals surface area contributed by atoms with Crippen LogP contribution in [0.5, 0.6) is 0 Å². The lowest BCUT2D eigenvalue weighted by Gasteiger charge is -2.29. The zero-order chi connectivity index (χ0) is 15.1. The van der Waals surface area contributed by atoms with Crippen molar-refractivity contribution in [1.82, 2.24) is 25.4 Å². The Morgan fingerprint density at radius 1 is 1.38 bits per heavy atom. The monoisotopic (exact) mass is 292 g/mol. The number of aryl methyl sites for hydroxylation is 1. The summed E-state index contributed by atoms with van der Waals surface area (Å²) in [5.41, 5.74) is 0. The second-order valence-corrected chi connectivity index (χ2v) is 5.90. The van der Waals surface area contributed by atoms with Gasteiger partial charge >= 0.3 is 0 Å². The first-order valence-electron chi connectivity index (χ1n) is 8.05. The quantitative estimate of drug-likeness (QED) is 0.640. The Morgan fingerprint density at radius 2 is 2.19 bits per heavy atom. The molecule has 1 fully saturated rings. The van der Waals surface area contributed by atoms with Gasteiger partial charge in [-0.2, -0.15) is 5.10 Å². The maximum atomic E-state index is 4.60. The molecule has 1 aliphatic rings. The van der Waals surface area contributed by atoms with E-state index in [4.69, 9.17) is 0 Å². The molecule has 6 nitrogen and oxygen atoms in total. The highest BCUT2D eigenvalue weighted by Gasteiger charge is 2.21. The topological polar surface area (TPSA) is 67.1 Å². The van der Waals surface area contributed by atoms with E-state index in [0.717, 1.165) is 36.7 Å². The first-order valence-corrected chi connectivity index (χ1v) is 8.05. The van der Waals surface area contributed by atoms with Crippen LogP contribution in [0, 0.1) is 11.8 Å². The molecule has 0 saturated heterocycles. The van der Waals surface area contributed by atoms with Gasteiger partial charge in [0.15, 0.2) is 5.96 Å². The van der Waals surface area contributed by atoms with Gasteiger partial charge in [0, 0.05) is 20.1 Å². The molecule has 1 aromatic rings. The standard InChI is InChI=1S/C15H28N6/c1-4-16-15(18-10-14-19-11-20-21(14)3)17-9-13-8-6-5-7-12(13)2/h11-13H,4-10H2,1-3H3,(H2,16,17,18). The first-order chi connectivity index (χ1) is 10.2. The lowest BCUT2D eigenvalue weighted by Crippen LogP contribution is -2.41. The maximum Gasteiger partial charge on any atom is 0.191 e. The minimum atomic E-state index is 0.548.